The Hall–Kier alpha value is -3.95. The maximum absolute atomic E-state index is 14.7. The molecule has 0 amide bonds. The monoisotopic (exact) mass is 537 g/mol. The highest BCUT2D eigenvalue weighted by Crippen LogP contribution is 2.40. The van der Waals surface area contributed by atoms with E-state index in [2.05, 4.69) is 14.9 Å². The first-order valence-electron chi connectivity index (χ1n) is 12.1. The Bertz CT molecular complexity index is 1530. The Morgan fingerprint density at radius 1 is 1.05 bits per heavy atom. The fraction of sp³-hybridized carbons (Fsp3) is 0.250. The zero-order valence-electron chi connectivity index (χ0n) is 21.3. The van der Waals surface area contributed by atoms with Crippen molar-refractivity contribution < 1.29 is 14.6 Å². The lowest BCUT2D eigenvalue weighted by Crippen LogP contribution is -2.32. The highest BCUT2D eigenvalue weighted by molar-refractivity contribution is 6.32. The molecule has 198 valence electrons. The molecule has 0 fully saturated rings. The largest absolute Gasteiger partial charge is 0.507 e. The molecule has 3 heterocycles. The Morgan fingerprint density at radius 2 is 1.74 bits per heavy atom. The molecule has 0 radical (unpaired) electrons. The number of nitrogens with zero attached hydrogens (tertiary/aromatic N) is 5. The number of aliphatic hydroxyl groups is 1. The number of pyridine rings is 1. The minimum atomic E-state index is -0.495. The predicted molar refractivity (Wildman–Crippen MR) is 149 cm³/mol. The molecule has 0 bridgehead atoms. The number of phenolic OH excluding ortho intramolecular Hbond substituents is 1. The summed E-state index contributed by atoms with van der Waals surface area (Å²) in [6.45, 7) is 5.52. The summed E-state index contributed by atoms with van der Waals surface area (Å²) in [4.78, 5) is 23.0. The molecule has 5 rings (SSSR count). The summed E-state index contributed by atoms with van der Waals surface area (Å²) < 4.78 is 17.6. The molecule has 8 nitrogen and oxygen atoms in total. The van der Waals surface area contributed by atoms with E-state index in [1.54, 1.807) is 63.8 Å². The number of phenols is 1. The molecule has 0 atom stereocenters. The van der Waals surface area contributed by atoms with E-state index in [9.17, 15) is 14.3 Å². The molecule has 2 aromatic heterocycles. The number of rotatable bonds is 4. The van der Waals surface area contributed by atoms with Crippen molar-refractivity contribution in [3.05, 3.63) is 82.4 Å². The molecule has 0 unspecified atom stereocenters. The molecule has 0 saturated heterocycles. The van der Waals surface area contributed by atoms with Crippen molar-refractivity contribution in [1.82, 2.24) is 14.1 Å². The van der Waals surface area contributed by atoms with Gasteiger partial charge in [0.15, 0.2) is 0 Å². The van der Waals surface area contributed by atoms with Crippen LogP contribution < -0.4 is 10.6 Å². The van der Waals surface area contributed by atoms with Gasteiger partial charge >= 0.3 is 5.69 Å². The number of anilines is 1. The fourth-order valence-corrected chi connectivity index (χ4v) is 4.31. The summed E-state index contributed by atoms with van der Waals surface area (Å²) >= 11 is 6.48. The molecule has 10 heteroatoms. The Morgan fingerprint density at radius 3 is 2.32 bits per heavy atom. The van der Waals surface area contributed by atoms with Gasteiger partial charge in [-0.15, -0.1) is 0 Å². The minimum Gasteiger partial charge on any atom is -0.507 e. The summed E-state index contributed by atoms with van der Waals surface area (Å²) in [5, 5.41) is 19.5. The molecule has 2 N–H and O–H groups in total. The SMILES string of the molecule is CC(C)O.Cn1ccn(-c2ccc(-c3cc(F)cc(-c4ccnc(N5CC=NCC5)c4)c3O)cc2Cl)c1=O. The van der Waals surface area contributed by atoms with Crippen LogP contribution in [-0.4, -0.2) is 56.3 Å². The number of aliphatic imine (C=N–C) groups is 1. The van der Waals surface area contributed by atoms with Gasteiger partial charge in [-0.2, -0.15) is 0 Å². The molecule has 1 aliphatic heterocycles. The average Bonchev–Trinajstić information content (AvgIpc) is 3.23. The van der Waals surface area contributed by atoms with Gasteiger partial charge in [0.2, 0.25) is 0 Å². The molecule has 0 aliphatic carbocycles. The Balaban J connectivity index is 0.000000786. The van der Waals surface area contributed by atoms with Crippen molar-refractivity contribution in [2.45, 2.75) is 20.0 Å². The third-order valence-electron chi connectivity index (χ3n) is 5.85. The maximum atomic E-state index is 14.7. The fourth-order valence-electron chi connectivity index (χ4n) is 4.04. The molecule has 0 saturated carbocycles. The van der Waals surface area contributed by atoms with E-state index in [-0.39, 0.29) is 17.5 Å². The number of benzene rings is 2. The molecule has 38 heavy (non-hydrogen) atoms. The number of aliphatic hydroxyl groups excluding tert-OH is 1. The van der Waals surface area contributed by atoms with Gasteiger partial charge in [0.05, 0.1) is 23.8 Å². The third kappa shape index (κ3) is 5.95. The van der Waals surface area contributed by atoms with Crippen LogP contribution in [0, 0.1) is 5.82 Å². The first-order chi connectivity index (χ1) is 18.2. The van der Waals surface area contributed by atoms with Gasteiger partial charge in [-0.25, -0.2) is 14.2 Å². The van der Waals surface area contributed by atoms with Crippen LogP contribution in [-0.2, 0) is 7.05 Å². The lowest BCUT2D eigenvalue weighted by Gasteiger charge is -2.24. The van der Waals surface area contributed by atoms with E-state index in [0.717, 1.165) is 12.4 Å². The van der Waals surface area contributed by atoms with Gasteiger partial charge in [-0.1, -0.05) is 17.7 Å². The van der Waals surface area contributed by atoms with Crippen molar-refractivity contribution >= 4 is 23.6 Å². The smallest absolute Gasteiger partial charge is 0.332 e. The zero-order chi connectivity index (χ0) is 27.4. The number of imidazole rings is 1. The zero-order valence-corrected chi connectivity index (χ0v) is 22.1. The number of aromatic hydroxyl groups is 1. The van der Waals surface area contributed by atoms with Crippen molar-refractivity contribution in [2.75, 3.05) is 24.5 Å². The van der Waals surface area contributed by atoms with Crippen LogP contribution in [0.5, 0.6) is 5.75 Å². The van der Waals surface area contributed by atoms with E-state index in [4.69, 9.17) is 16.7 Å². The lowest BCUT2D eigenvalue weighted by molar-refractivity contribution is 0.216. The predicted octanol–water partition coefficient (Wildman–Crippen LogP) is 4.68. The van der Waals surface area contributed by atoms with Crippen LogP contribution in [0.4, 0.5) is 10.2 Å². The molecule has 1 aliphatic rings. The maximum Gasteiger partial charge on any atom is 0.332 e. The first kappa shape index (κ1) is 27.1. The normalized spacial score (nSPS) is 13.0. The number of hydrogen-bond acceptors (Lipinski definition) is 6. The third-order valence-corrected chi connectivity index (χ3v) is 6.15. The van der Waals surface area contributed by atoms with Gasteiger partial charge in [0, 0.05) is 55.6 Å². The van der Waals surface area contributed by atoms with Crippen LogP contribution in [0.2, 0.25) is 5.02 Å². The lowest BCUT2D eigenvalue weighted by atomic mass is 9.97. The van der Waals surface area contributed by atoms with E-state index in [1.165, 1.54) is 21.3 Å². The quantitative estimate of drug-likeness (QED) is 0.394. The highest BCUT2D eigenvalue weighted by Gasteiger charge is 2.17. The number of halogens is 2. The molecule has 2 aromatic carbocycles. The van der Waals surface area contributed by atoms with Crippen LogP contribution in [0.1, 0.15) is 13.8 Å². The molecule has 0 spiro atoms. The van der Waals surface area contributed by atoms with Crippen molar-refractivity contribution in [2.24, 2.45) is 12.0 Å². The van der Waals surface area contributed by atoms with Crippen molar-refractivity contribution in [3.63, 3.8) is 0 Å². The van der Waals surface area contributed by atoms with Gasteiger partial charge in [-0.05, 0) is 61.4 Å². The van der Waals surface area contributed by atoms with Crippen LogP contribution in [0.25, 0.3) is 27.9 Å². The highest BCUT2D eigenvalue weighted by atomic mass is 35.5. The Labute approximate surface area is 224 Å². The topological polar surface area (TPSA) is 95.9 Å². The summed E-state index contributed by atoms with van der Waals surface area (Å²) in [6.07, 6.45) is 6.57. The summed E-state index contributed by atoms with van der Waals surface area (Å²) in [5.41, 5.74) is 2.08. The summed E-state index contributed by atoms with van der Waals surface area (Å²) in [5.74, 6) is 0.166. The van der Waals surface area contributed by atoms with E-state index in [1.807, 2.05) is 12.3 Å². The molecular formula is C28H29ClFN5O3. The van der Waals surface area contributed by atoms with Crippen LogP contribution >= 0.6 is 11.6 Å². The van der Waals surface area contributed by atoms with E-state index >= 15 is 0 Å². The second-order valence-electron chi connectivity index (χ2n) is 9.11. The van der Waals surface area contributed by atoms with E-state index in [0.29, 0.717) is 46.1 Å². The van der Waals surface area contributed by atoms with Gasteiger partial charge < -0.3 is 19.7 Å². The minimum absolute atomic E-state index is 0.0700. The Kier molecular flexibility index (Phi) is 8.29. The number of aromatic nitrogens is 3. The summed E-state index contributed by atoms with van der Waals surface area (Å²) in [6, 6.07) is 11.1. The second-order valence-corrected chi connectivity index (χ2v) is 9.52. The first-order valence-corrected chi connectivity index (χ1v) is 12.5. The number of hydrogen-bond donors (Lipinski definition) is 2. The van der Waals surface area contributed by atoms with Gasteiger partial charge in [0.25, 0.3) is 0 Å². The van der Waals surface area contributed by atoms with Crippen LogP contribution in [0.3, 0.4) is 0 Å². The summed E-state index contributed by atoms with van der Waals surface area (Å²) in [7, 11) is 1.65. The van der Waals surface area contributed by atoms with Crippen molar-refractivity contribution in [1.29, 1.82) is 0 Å². The van der Waals surface area contributed by atoms with Crippen LogP contribution in [0.15, 0.2) is 70.8 Å². The number of aryl methyl sites for hydroxylation is 1. The van der Waals surface area contributed by atoms with E-state index < -0.39 is 5.82 Å². The van der Waals surface area contributed by atoms with Gasteiger partial charge in [0.1, 0.15) is 17.4 Å². The van der Waals surface area contributed by atoms with Gasteiger partial charge in [-0.3, -0.25) is 9.56 Å². The molecule has 4 aromatic rings. The average molecular weight is 538 g/mol. The standard InChI is InChI=1S/C25H21ClFN5O2.C3H8O/c1-30-10-11-32(25(30)34)22-3-2-16(12-21(22)26)19-14-18(27)15-20(24(19)33)17-4-5-29-23(13-17)31-8-6-28-7-9-31;1-3(2)4/h2-6,10-15,33H,7-9H2,1H3;3-4H,1-2H3. The van der Waals surface area contributed by atoms with Crippen molar-refractivity contribution in [3.8, 4) is 33.7 Å². The molecular weight excluding hydrogens is 509 g/mol. The second kappa shape index (κ2) is 11.6.